The highest BCUT2D eigenvalue weighted by atomic mass is 79.9. The van der Waals surface area contributed by atoms with Crippen molar-refractivity contribution in [1.82, 2.24) is 5.43 Å². The van der Waals surface area contributed by atoms with Crippen LogP contribution in [0.2, 0.25) is 0 Å². The summed E-state index contributed by atoms with van der Waals surface area (Å²) in [5.74, 6) is 4.52. The Labute approximate surface area is 94.7 Å². The van der Waals surface area contributed by atoms with Crippen LogP contribution in [0.5, 0.6) is 5.75 Å². The monoisotopic (exact) mass is 276 g/mol. The molecule has 15 heavy (non-hydrogen) atoms. The molecule has 0 radical (unpaired) electrons. The number of benzene rings is 1. The van der Waals surface area contributed by atoms with E-state index in [1.54, 1.807) is 6.07 Å². The lowest BCUT2D eigenvalue weighted by Gasteiger charge is -2.05. The molecule has 0 aromatic heterocycles. The van der Waals surface area contributed by atoms with Crippen LogP contribution >= 0.6 is 15.9 Å². The standard InChI is InChI=1S/C9H10BrFN2O2/c10-6-3-7(11)5-8(4-6)15-2-1-9(14)13-12/h3-5H,1-2,12H2,(H,13,14). The number of ether oxygens (including phenoxy) is 1. The molecule has 0 unspecified atom stereocenters. The molecule has 0 fully saturated rings. The zero-order chi connectivity index (χ0) is 11.3. The van der Waals surface area contributed by atoms with Gasteiger partial charge < -0.3 is 4.74 Å². The van der Waals surface area contributed by atoms with Gasteiger partial charge in [0.15, 0.2) is 0 Å². The van der Waals surface area contributed by atoms with Gasteiger partial charge in [0.25, 0.3) is 0 Å². The average molecular weight is 277 g/mol. The van der Waals surface area contributed by atoms with E-state index in [0.717, 1.165) is 0 Å². The first-order chi connectivity index (χ1) is 7.11. The van der Waals surface area contributed by atoms with Crippen molar-refractivity contribution in [2.45, 2.75) is 6.42 Å². The number of carbonyl (C=O) groups excluding carboxylic acids is 1. The summed E-state index contributed by atoms with van der Waals surface area (Å²) in [6.45, 7) is 0.152. The third-order valence-corrected chi connectivity index (χ3v) is 2.05. The van der Waals surface area contributed by atoms with Crippen molar-refractivity contribution >= 4 is 21.8 Å². The summed E-state index contributed by atoms with van der Waals surface area (Å²) in [6, 6.07) is 4.17. The smallest absolute Gasteiger partial charge is 0.237 e. The molecule has 0 aliphatic carbocycles. The number of nitrogens with two attached hydrogens (primary N) is 1. The molecule has 3 N–H and O–H groups in total. The topological polar surface area (TPSA) is 64.3 Å². The van der Waals surface area contributed by atoms with Crippen molar-refractivity contribution in [2.24, 2.45) is 5.84 Å². The third-order valence-electron chi connectivity index (χ3n) is 1.59. The van der Waals surface area contributed by atoms with E-state index in [-0.39, 0.29) is 18.9 Å². The maximum absolute atomic E-state index is 12.9. The molecule has 0 aliphatic heterocycles. The van der Waals surface area contributed by atoms with Gasteiger partial charge in [-0.3, -0.25) is 10.2 Å². The van der Waals surface area contributed by atoms with Gasteiger partial charge in [0.1, 0.15) is 11.6 Å². The van der Waals surface area contributed by atoms with E-state index >= 15 is 0 Å². The molecular formula is C9H10BrFN2O2. The van der Waals surface area contributed by atoms with E-state index in [9.17, 15) is 9.18 Å². The van der Waals surface area contributed by atoms with Crippen molar-refractivity contribution in [2.75, 3.05) is 6.61 Å². The highest BCUT2D eigenvalue weighted by Gasteiger charge is 2.02. The Morgan fingerprint density at radius 1 is 1.53 bits per heavy atom. The lowest BCUT2D eigenvalue weighted by atomic mass is 10.3. The number of rotatable bonds is 4. The molecule has 0 aliphatic rings. The Hall–Kier alpha value is -1.14. The molecule has 1 rings (SSSR count). The third kappa shape index (κ3) is 4.26. The summed E-state index contributed by atoms with van der Waals surface area (Å²) >= 11 is 3.13. The molecule has 0 spiro atoms. The fourth-order valence-corrected chi connectivity index (χ4v) is 1.39. The number of hydrazine groups is 1. The highest BCUT2D eigenvalue weighted by Crippen LogP contribution is 2.20. The molecule has 0 heterocycles. The van der Waals surface area contributed by atoms with Gasteiger partial charge in [0.2, 0.25) is 5.91 Å². The zero-order valence-corrected chi connectivity index (χ0v) is 9.38. The van der Waals surface area contributed by atoms with Gasteiger partial charge >= 0.3 is 0 Å². The Kier molecular flexibility index (Phi) is 4.51. The summed E-state index contributed by atoms with van der Waals surface area (Å²) in [7, 11) is 0. The second-order valence-electron chi connectivity index (χ2n) is 2.77. The summed E-state index contributed by atoms with van der Waals surface area (Å²) in [4.78, 5) is 10.7. The number of hydrogen-bond acceptors (Lipinski definition) is 3. The maximum Gasteiger partial charge on any atom is 0.237 e. The minimum Gasteiger partial charge on any atom is -0.493 e. The second-order valence-corrected chi connectivity index (χ2v) is 3.69. The van der Waals surface area contributed by atoms with Crippen molar-refractivity contribution in [3.63, 3.8) is 0 Å². The molecule has 0 atom stereocenters. The van der Waals surface area contributed by atoms with E-state index in [1.165, 1.54) is 12.1 Å². The summed E-state index contributed by atoms with van der Waals surface area (Å²) in [5.41, 5.74) is 1.97. The summed E-state index contributed by atoms with van der Waals surface area (Å²) < 4.78 is 18.6. The fraction of sp³-hybridized carbons (Fsp3) is 0.222. The Bertz CT molecular complexity index is 340. The zero-order valence-electron chi connectivity index (χ0n) is 7.80. The summed E-state index contributed by atoms with van der Waals surface area (Å²) in [6.07, 6.45) is 0.130. The first-order valence-electron chi connectivity index (χ1n) is 4.20. The van der Waals surface area contributed by atoms with Crippen LogP contribution in [-0.4, -0.2) is 12.5 Å². The molecule has 1 aromatic carbocycles. The van der Waals surface area contributed by atoms with Gasteiger partial charge in [-0.15, -0.1) is 0 Å². The lowest BCUT2D eigenvalue weighted by molar-refractivity contribution is -0.121. The van der Waals surface area contributed by atoms with Crippen molar-refractivity contribution in [1.29, 1.82) is 0 Å². The molecule has 4 nitrogen and oxygen atoms in total. The number of carbonyl (C=O) groups is 1. The van der Waals surface area contributed by atoms with Gasteiger partial charge in [0.05, 0.1) is 13.0 Å². The van der Waals surface area contributed by atoms with E-state index < -0.39 is 5.82 Å². The maximum atomic E-state index is 12.9. The predicted octanol–water partition coefficient (Wildman–Crippen LogP) is 1.35. The quantitative estimate of drug-likeness (QED) is 0.496. The van der Waals surface area contributed by atoms with Gasteiger partial charge in [-0.25, -0.2) is 10.2 Å². The SMILES string of the molecule is NNC(=O)CCOc1cc(F)cc(Br)c1. The minimum absolute atomic E-state index is 0.130. The number of amides is 1. The summed E-state index contributed by atoms with van der Waals surface area (Å²) in [5, 5.41) is 0. The number of halogens is 2. The van der Waals surface area contributed by atoms with Gasteiger partial charge in [-0.05, 0) is 12.1 Å². The van der Waals surface area contributed by atoms with Gasteiger partial charge in [-0.2, -0.15) is 0 Å². The molecular weight excluding hydrogens is 267 g/mol. The van der Waals surface area contributed by atoms with Crippen molar-refractivity contribution < 1.29 is 13.9 Å². The van der Waals surface area contributed by atoms with E-state index in [4.69, 9.17) is 10.6 Å². The van der Waals surface area contributed by atoms with Crippen LogP contribution in [0.25, 0.3) is 0 Å². The largest absolute Gasteiger partial charge is 0.493 e. The lowest BCUT2D eigenvalue weighted by Crippen LogP contribution is -2.31. The Balaban J connectivity index is 2.47. The Morgan fingerprint density at radius 2 is 2.27 bits per heavy atom. The van der Waals surface area contributed by atoms with Crippen molar-refractivity contribution in [3.8, 4) is 5.75 Å². The van der Waals surface area contributed by atoms with E-state index in [0.29, 0.717) is 10.2 Å². The number of nitrogens with one attached hydrogen (secondary N) is 1. The van der Waals surface area contributed by atoms with Gasteiger partial charge in [-0.1, -0.05) is 15.9 Å². The average Bonchev–Trinajstić information content (AvgIpc) is 2.16. The van der Waals surface area contributed by atoms with Crippen LogP contribution in [0, 0.1) is 5.82 Å². The van der Waals surface area contributed by atoms with Crippen LogP contribution in [0.4, 0.5) is 4.39 Å². The van der Waals surface area contributed by atoms with Gasteiger partial charge in [0, 0.05) is 10.5 Å². The van der Waals surface area contributed by atoms with Crippen molar-refractivity contribution in [3.05, 3.63) is 28.5 Å². The molecule has 0 bridgehead atoms. The van der Waals surface area contributed by atoms with Crippen LogP contribution in [0.3, 0.4) is 0 Å². The minimum atomic E-state index is -0.400. The van der Waals surface area contributed by atoms with Crippen LogP contribution in [0.15, 0.2) is 22.7 Å². The fourth-order valence-electron chi connectivity index (χ4n) is 0.946. The molecule has 82 valence electrons. The molecule has 6 heteroatoms. The first kappa shape index (κ1) is 11.9. The molecule has 0 saturated carbocycles. The number of hydrogen-bond donors (Lipinski definition) is 2. The normalized spacial score (nSPS) is 9.80. The molecule has 1 aromatic rings. The predicted molar refractivity (Wildman–Crippen MR) is 56.5 cm³/mol. The van der Waals surface area contributed by atoms with Crippen LogP contribution < -0.4 is 16.0 Å². The van der Waals surface area contributed by atoms with Crippen LogP contribution in [-0.2, 0) is 4.79 Å². The molecule has 0 saturated heterocycles. The Morgan fingerprint density at radius 3 is 2.87 bits per heavy atom. The molecule has 1 amide bonds. The van der Waals surface area contributed by atoms with E-state index in [1.807, 2.05) is 5.43 Å². The second kappa shape index (κ2) is 5.67. The first-order valence-corrected chi connectivity index (χ1v) is 4.99. The highest BCUT2D eigenvalue weighted by molar-refractivity contribution is 9.10. The van der Waals surface area contributed by atoms with E-state index in [2.05, 4.69) is 15.9 Å². The van der Waals surface area contributed by atoms with Crippen LogP contribution in [0.1, 0.15) is 6.42 Å².